The third-order valence-corrected chi connectivity index (χ3v) is 3.54. The average Bonchev–Trinajstić information content (AvgIpc) is 2.45. The van der Waals surface area contributed by atoms with Crippen LogP contribution < -0.4 is 9.64 Å². The summed E-state index contributed by atoms with van der Waals surface area (Å²) in [5, 5.41) is 13.0. The predicted molar refractivity (Wildman–Crippen MR) is 76.8 cm³/mol. The Labute approximate surface area is 122 Å². The maximum absolute atomic E-state index is 12.1. The lowest BCUT2D eigenvalue weighted by atomic mass is 9.92. The maximum Gasteiger partial charge on any atom is 0.414 e. The van der Waals surface area contributed by atoms with Crippen LogP contribution in [0, 0.1) is 4.91 Å². The molecule has 114 valence electrons. The van der Waals surface area contributed by atoms with Crippen molar-refractivity contribution in [1.82, 2.24) is 0 Å². The largest absolute Gasteiger partial charge is 0.504 e. The third-order valence-electron chi connectivity index (χ3n) is 3.54. The summed E-state index contributed by atoms with van der Waals surface area (Å²) in [5.41, 5.74) is 0.973. The van der Waals surface area contributed by atoms with Crippen molar-refractivity contribution in [3.63, 3.8) is 0 Å². The molecule has 1 aromatic carbocycles. The second kappa shape index (κ2) is 5.99. The lowest BCUT2D eigenvalue weighted by molar-refractivity contribution is 0.156. The second-order valence-corrected chi connectivity index (χ2v) is 4.86. The number of carbonyl (C=O) groups is 1. The molecule has 1 heterocycles. The van der Waals surface area contributed by atoms with Crippen molar-refractivity contribution in [2.75, 3.05) is 18.6 Å². The van der Waals surface area contributed by atoms with Crippen LogP contribution in [-0.4, -0.2) is 31.0 Å². The van der Waals surface area contributed by atoms with Crippen molar-refractivity contribution in [1.29, 1.82) is 0 Å². The van der Waals surface area contributed by atoms with Gasteiger partial charge in [-0.3, -0.25) is 4.90 Å². The van der Waals surface area contributed by atoms with Crippen LogP contribution in [0.25, 0.3) is 0 Å². The van der Waals surface area contributed by atoms with Crippen LogP contribution in [0.2, 0.25) is 0 Å². The van der Waals surface area contributed by atoms with E-state index >= 15 is 0 Å². The first-order valence-corrected chi connectivity index (χ1v) is 6.72. The number of carbonyl (C=O) groups excluding carboxylic acids is 1. The Kier molecular flexibility index (Phi) is 4.30. The van der Waals surface area contributed by atoms with Gasteiger partial charge in [0.05, 0.1) is 19.4 Å². The van der Waals surface area contributed by atoms with Crippen molar-refractivity contribution in [3.05, 3.63) is 22.6 Å². The molecule has 7 nitrogen and oxygen atoms in total. The number of phenols is 1. The van der Waals surface area contributed by atoms with Gasteiger partial charge in [-0.2, -0.15) is 4.91 Å². The van der Waals surface area contributed by atoms with Gasteiger partial charge in [0.2, 0.25) is 0 Å². The molecule has 2 atom stereocenters. The molecular weight excluding hydrogens is 276 g/mol. The Bertz CT molecular complexity index is 561. The summed E-state index contributed by atoms with van der Waals surface area (Å²) >= 11 is 0. The van der Waals surface area contributed by atoms with E-state index in [-0.39, 0.29) is 24.1 Å². The first-order chi connectivity index (χ1) is 10.0. The van der Waals surface area contributed by atoms with Crippen LogP contribution in [0.5, 0.6) is 11.5 Å². The predicted octanol–water partition coefficient (Wildman–Crippen LogP) is 2.96. The highest BCUT2D eigenvalue weighted by atomic mass is 16.6. The van der Waals surface area contributed by atoms with Crippen LogP contribution in [0.15, 0.2) is 17.3 Å². The maximum atomic E-state index is 12.1. The molecule has 2 unspecified atom stereocenters. The summed E-state index contributed by atoms with van der Waals surface area (Å²) in [6, 6.07) is 2.09. The molecule has 0 saturated heterocycles. The highest BCUT2D eigenvalue weighted by molar-refractivity contribution is 5.91. The van der Waals surface area contributed by atoms with Gasteiger partial charge in [-0.15, -0.1) is 0 Å². The number of nitroso groups, excluding NO2 is 1. The van der Waals surface area contributed by atoms with E-state index in [2.05, 4.69) is 5.18 Å². The molecule has 1 amide bonds. The van der Waals surface area contributed by atoms with E-state index in [9.17, 15) is 14.8 Å². The van der Waals surface area contributed by atoms with Crippen LogP contribution in [0.1, 0.15) is 31.9 Å². The quantitative estimate of drug-likeness (QED) is 0.866. The summed E-state index contributed by atoms with van der Waals surface area (Å²) in [6.45, 7) is 3.77. The second-order valence-electron chi connectivity index (χ2n) is 4.86. The number of nitrogens with zero attached hydrogens (tertiary/aromatic N) is 2. The number of rotatable bonds is 3. The third kappa shape index (κ3) is 2.63. The normalized spacial score (nSPS) is 20.6. The lowest BCUT2D eigenvalue weighted by Crippen LogP contribution is -2.43. The van der Waals surface area contributed by atoms with E-state index in [0.717, 1.165) is 0 Å². The molecule has 1 aliphatic rings. The molecule has 2 rings (SSSR count). The molecule has 0 aromatic heterocycles. The molecule has 0 aliphatic carbocycles. The minimum atomic E-state index is -0.588. The topological polar surface area (TPSA) is 88.4 Å². The molecule has 7 heteroatoms. The van der Waals surface area contributed by atoms with Crippen molar-refractivity contribution in [2.24, 2.45) is 5.18 Å². The fraction of sp³-hybridized carbons (Fsp3) is 0.500. The molecule has 0 fully saturated rings. The van der Waals surface area contributed by atoms with Gasteiger partial charge < -0.3 is 14.6 Å². The summed E-state index contributed by atoms with van der Waals surface area (Å²) in [5.74, 6) is 0.130. The fourth-order valence-electron chi connectivity index (χ4n) is 2.58. The van der Waals surface area contributed by atoms with E-state index in [1.165, 1.54) is 24.1 Å². The summed E-state index contributed by atoms with van der Waals surface area (Å²) in [6.07, 6.45) is -0.122. The number of amides is 1. The zero-order valence-electron chi connectivity index (χ0n) is 12.2. The van der Waals surface area contributed by atoms with Gasteiger partial charge in [-0.1, -0.05) is 5.18 Å². The minimum Gasteiger partial charge on any atom is -0.504 e. The Hall–Kier alpha value is -2.31. The molecule has 0 spiro atoms. The van der Waals surface area contributed by atoms with Crippen LogP contribution >= 0.6 is 0 Å². The Morgan fingerprint density at radius 3 is 2.81 bits per heavy atom. The first-order valence-electron chi connectivity index (χ1n) is 6.72. The lowest BCUT2D eigenvalue weighted by Gasteiger charge is -2.36. The zero-order valence-corrected chi connectivity index (χ0v) is 12.2. The van der Waals surface area contributed by atoms with E-state index < -0.39 is 12.1 Å². The molecule has 1 aliphatic heterocycles. The van der Waals surface area contributed by atoms with Crippen LogP contribution in [-0.2, 0) is 4.74 Å². The van der Waals surface area contributed by atoms with Crippen molar-refractivity contribution < 1.29 is 19.4 Å². The standard InChI is InChI=1S/C14H18N2O5/c1-4-21-14(18)16-8(2)5-10(15-19)9-6-13(20-3)12(17)7-11(9)16/h6-8,10,17H,4-5H2,1-3H3. The first kappa shape index (κ1) is 15.1. The van der Waals surface area contributed by atoms with Gasteiger partial charge in [0.1, 0.15) is 6.04 Å². The molecule has 0 radical (unpaired) electrons. The van der Waals surface area contributed by atoms with Gasteiger partial charge in [-0.25, -0.2) is 4.79 Å². The van der Waals surface area contributed by atoms with Crippen molar-refractivity contribution in [3.8, 4) is 11.5 Å². The number of hydrogen-bond acceptors (Lipinski definition) is 6. The highest BCUT2D eigenvalue weighted by Crippen LogP contribution is 2.44. The molecule has 21 heavy (non-hydrogen) atoms. The number of methoxy groups -OCH3 is 1. The highest BCUT2D eigenvalue weighted by Gasteiger charge is 2.36. The number of phenolic OH excluding ortho intramolecular Hbond substituents is 1. The number of ether oxygens (including phenoxy) is 2. The van der Waals surface area contributed by atoms with E-state index in [4.69, 9.17) is 9.47 Å². The number of aromatic hydroxyl groups is 1. The summed E-state index contributed by atoms with van der Waals surface area (Å²) in [4.78, 5) is 24.6. The molecular formula is C14H18N2O5. The van der Waals surface area contributed by atoms with Gasteiger partial charge in [0.25, 0.3) is 0 Å². The zero-order chi connectivity index (χ0) is 15.6. The summed E-state index contributed by atoms with van der Waals surface area (Å²) < 4.78 is 10.1. The SMILES string of the molecule is CCOC(=O)N1c2cc(O)c(OC)cc2C(N=O)CC1C. The molecule has 0 saturated carbocycles. The van der Waals surface area contributed by atoms with Crippen LogP contribution in [0.3, 0.4) is 0 Å². The molecule has 0 bridgehead atoms. The van der Waals surface area contributed by atoms with E-state index in [0.29, 0.717) is 17.7 Å². The number of hydrogen-bond donors (Lipinski definition) is 1. The Morgan fingerprint density at radius 1 is 1.52 bits per heavy atom. The monoisotopic (exact) mass is 294 g/mol. The smallest absolute Gasteiger partial charge is 0.414 e. The molecule has 1 N–H and O–H groups in total. The number of anilines is 1. The average molecular weight is 294 g/mol. The van der Waals surface area contributed by atoms with Gasteiger partial charge in [-0.05, 0) is 26.3 Å². The number of benzene rings is 1. The summed E-state index contributed by atoms with van der Waals surface area (Å²) in [7, 11) is 1.42. The van der Waals surface area contributed by atoms with Crippen molar-refractivity contribution in [2.45, 2.75) is 32.4 Å². The van der Waals surface area contributed by atoms with Gasteiger partial charge in [0.15, 0.2) is 11.5 Å². The fourth-order valence-corrected chi connectivity index (χ4v) is 2.58. The van der Waals surface area contributed by atoms with Gasteiger partial charge in [0, 0.05) is 17.7 Å². The number of fused-ring (bicyclic) bond motifs is 1. The Morgan fingerprint density at radius 2 is 2.24 bits per heavy atom. The van der Waals surface area contributed by atoms with Gasteiger partial charge >= 0.3 is 6.09 Å². The van der Waals surface area contributed by atoms with Crippen LogP contribution in [0.4, 0.5) is 10.5 Å². The minimum absolute atomic E-state index is 0.107. The van der Waals surface area contributed by atoms with E-state index in [1.807, 2.05) is 0 Å². The van der Waals surface area contributed by atoms with E-state index in [1.54, 1.807) is 13.8 Å². The van der Waals surface area contributed by atoms with Crippen molar-refractivity contribution >= 4 is 11.8 Å². The Balaban J connectivity index is 2.55. The molecule has 1 aromatic rings.